The first-order chi connectivity index (χ1) is 12.0. The molecule has 0 bridgehead atoms. The molecule has 0 radical (unpaired) electrons. The zero-order valence-corrected chi connectivity index (χ0v) is 14.5. The number of hydrogen-bond acceptors (Lipinski definition) is 6. The van der Waals surface area contributed by atoms with Crippen LogP contribution in [-0.4, -0.2) is 43.5 Å². The third-order valence-electron chi connectivity index (χ3n) is 3.65. The highest BCUT2D eigenvalue weighted by molar-refractivity contribution is 5.98. The highest BCUT2D eigenvalue weighted by Crippen LogP contribution is 2.30. The van der Waals surface area contributed by atoms with Gasteiger partial charge < -0.3 is 19.5 Å². The fraction of sp³-hybridized carbons (Fsp3) is 0.500. The molecule has 1 aromatic carbocycles. The Labute approximate surface area is 146 Å². The summed E-state index contributed by atoms with van der Waals surface area (Å²) >= 11 is 0. The monoisotopic (exact) mass is 349 g/mol. The van der Waals surface area contributed by atoms with E-state index in [1.165, 1.54) is 6.92 Å². The number of benzene rings is 1. The molecule has 1 aromatic rings. The molecule has 0 spiro atoms. The minimum atomic E-state index is -0.874. The number of rotatable bonds is 7. The van der Waals surface area contributed by atoms with Crippen LogP contribution < -0.4 is 14.8 Å². The van der Waals surface area contributed by atoms with Crippen molar-refractivity contribution >= 4 is 17.7 Å². The molecular formula is C18H23NO6. The van der Waals surface area contributed by atoms with Gasteiger partial charge in [0.15, 0.2) is 23.4 Å². The van der Waals surface area contributed by atoms with Gasteiger partial charge in [0, 0.05) is 24.9 Å². The van der Waals surface area contributed by atoms with E-state index in [4.69, 9.17) is 14.2 Å². The van der Waals surface area contributed by atoms with Gasteiger partial charge in [-0.3, -0.25) is 14.4 Å². The standard InChI is InChI=1S/C18H23NO6/c1-3-19-18(22)12(2)25-17(21)8-6-14(20)13-5-7-15-16(11-13)24-10-4-9-23-15/h5,7,11-12H,3-4,6,8-10H2,1-2H3,(H,19,22)/t12-/m0/s1. The molecule has 7 nitrogen and oxygen atoms in total. The third-order valence-corrected chi connectivity index (χ3v) is 3.65. The van der Waals surface area contributed by atoms with Gasteiger partial charge in [-0.05, 0) is 32.0 Å². The van der Waals surface area contributed by atoms with Crippen molar-refractivity contribution in [3.63, 3.8) is 0 Å². The minimum absolute atomic E-state index is 0.000589. The van der Waals surface area contributed by atoms with Crippen molar-refractivity contribution < 1.29 is 28.6 Å². The maximum atomic E-state index is 12.3. The van der Waals surface area contributed by atoms with E-state index in [1.807, 2.05) is 0 Å². The van der Waals surface area contributed by atoms with Crippen LogP contribution in [-0.2, 0) is 14.3 Å². The Bertz CT molecular complexity index is 642. The molecule has 0 aliphatic carbocycles. The number of fused-ring (bicyclic) bond motifs is 1. The topological polar surface area (TPSA) is 90.9 Å². The van der Waals surface area contributed by atoms with Crippen molar-refractivity contribution in [2.75, 3.05) is 19.8 Å². The molecule has 1 amide bonds. The average molecular weight is 349 g/mol. The van der Waals surface area contributed by atoms with Crippen molar-refractivity contribution in [2.24, 2.45) is 0 Å². The molecule has 0 unspecified atom stereocenters. The van der Waals surface area contributed by atoms with E-state index in [1.54, 1.807) is 25.1 Å². The van der Waals surface area contributed by atoms with E-state index in [2.05, 4.69) is 5.32 Å². The maximum absolute atomic E-state index is 12.3. The summed E-state index contributed by atoms with van der Waals surface area (Å²) < 4.78 is 16.1. The van der Waals surface area contributed by atoms with Crippen molar-refractivity contribution in [3.8, 4) is 11.5 Å². The van der Waals surface area contributed by atoms with Crippen LogP contribution in [0.4, 0.5) is 0 Å². The Hall–Kier alpha value is -2.57. The quantitative estimate of drug-likeness (QED) is 0.597. The number of nitrogens with one attached hydrogen (secondary N) is 1. The van der Waals surface area contributed by atoms with E-state index in [9.17, 15) is 14.4 Å². The Morgan fingerprint density at radius 1 is 1.16 bits per heavy atom. The minimum Gasteiger partial charge on any atom is -0.490 e. The Morgan fingerprint density at radius 3 is 2.60 bits per heavy atom. The van der Waals surface area contributed by atoms with Gasteiger partial charge in [0.2, 0.25) is 0 Å². The van der Waals surface area contributed by atoms with Crippen molar-refractivity contribution in [3.05, 3.63) is 23.8 Å². The summed E-state index contributed by atoms with van der Waals surface area (Å²) in [6.45, 7) is 4.85. The summed E-state index contributed by atoms with van der Waals surface area (Å²) in [5.74, 6) is 0.0183. The van der Waals surface area contributed by atoms with E-state index in [0.717, 1.165) is 6.42 Å². The molecule has 136 valence electrons. The van der Waals surface area contributed by atoms with Gasteiger partial charge in [-0.1, -0.05) is 0 Å². The van der Waals surface area contributed by atoms with Gasteiger partial charge in [0.25, 0.3) is 5.91 Å². The molecule has 1 aliphatic rings. The van der Waals surface area contributed by atoms with Crippen LogP contribution in [0.1, 0.15) is 43.5 Å². The van der Waals surface area contributed by atoms with E-state index >= 15 is 0 Å². The number of Topliss-reactive ketones (excluding diaryl/α,β-unsaturated/α-hetero) is 1. The Balaban J connectivity index is 1.86. The van der Waals surface area contributed by atoms with Crippen LogP contribution in [0.25, 0.3) is 0 Å². The number of esters is 1. The number of ether oxygens (including phenoxy) is 3. The zero-order valence-electron chi connectivity index (χ0n) is 14.5. The molecule has 0 saturated carbocycles. The van der Waals surface area contributed by atoms with Crippen molar-refractivity contribution in [2.45, 2.75) is 39.2 Å². The number of likely N-dealkylation sites (N-methyl/N-ethyl adjacent to an activating group) is 1. The van der Waals surface area contributed by atoms with E-state index in [-0.39, 0.29) is 24.5 Å². The second-order valence-electron chi connectivity index (χ2n) is 5.66. The van der Waals surface area contributed by atoms with E-state index in [0.29, 0.717) is 36.8 Å². The van der Waals surface area contributed by atoms with Gasteiger partial charge in [-0.25, -0.2) is 0 Å². The smallest absolute Gasteiger partial charge is 0.307 e. The van der Waals surface area contributed by atoms with Crippen molar-refractivity contribution in [1.82, 2.24) is 5.32 Å². The molecule has 1 heterocycles. The molecule has 0 fully saturated rings. The number of hydrogen-bond donors (Lipinski definition) is 1. The first-order valence-electron chi connectivity index (χ1n) is 8.41. The largest absolute Gasteiger partial charge is 0.490 e. The van der Waals surface area contributed by atoms with E-state index < -0.39 is 12.1 Å². The lowest BCUT2D eigenvalue weighted by Gasteiger charge is -2.12. The van der Waals surface area contributed by atoms with Crippen LogP contribution >= 0.6 is 0 Å². The summed E-state index contributed by atoms with van der Waals surface area (Å²) in [5.41, 5.74) is 0.453. The first kappa shape index (κ1) is 18.8. The molecule has 2 rings (SSSR count). The molecule has 7 heteroatoms. The Kier molecular flexibility index (Phi) is 6.80. The number of amides is 1. The average Bonchev–Trinajstić information content (AvgIpc) is 2.84. The normalized spacial score (nSPS) is 14.2. The van der Waals surface area contributed by atoms with Gasteiger partial charge in [-0.15, -0.1) is 0 Å². The summed E-state index contributed by atoms with van der Waals surface area (Å²) in [5, 5.41) is 2.57. The van der Waals surface area contributed by atoms with Crippen LogP contribution in [0, 0.1) is 0 Å². The lowest BCUT2D eigenvalue weighted by Crippen LogP contribution is -2.35. The molecule has 1 atom stereocenters. The number of carbonyl (C=O) groups excluding carboxylic acids is 3. The molecule has 25 heavy (non-hydrogen) atoms. The summed E-state index contributed by atoms with van der Waals surface area (Å²) in [6, 6.07) is 4.98. The van der Waals surface area contributed by atoms with Crippen LogP contribution in [0.2, 0.25) is 0 Å². The zero-order chi connectivity index (χ0) is 18.2. The predicted molar refractivity (Wildman–Crippen MR) is 89.9 cm³/mol. The lowest BCUT2D eigenvalue weighted by molar-refractivity contribution is -0.154. The molecule has 1 N–H and O–H groups in total. The Morgan fingerprint density at radius 2 is 1.88 bits per heavy atom. The van der Waals surface area contributed by atoms with Crippen molar-refractivity contribution in [1.29, 1.82) is 0 Å². The third kappa shape index (κ3) is 5.48. The van der Waals surface area contributed by atoms with Gasteiger partial charge in [0.1, 0.15) is 0 Å². The molecule has 0 saturated heterocycles. The molecule has 0 aromatic heterocycles. The maximum Gasteiger partial charge on any atom is 0.307 e. The van der Waals surface area contributed by atoms with Gasteiger partial charge in [-0.2, -0.15) is 0 Å². The van der Waals surface area contributed by atoms with Crippen LogP contribution in [0.15, 0.2) is 18.2 Å². The molecule has 1 aliphatic heterocycles. The first-order valence-corrected chi connectivity index (χ1v) is 8.41. The lowest BCUT2D eigenvalue weighted by atomic mass is 10.1. The van der Waals surface area contributed by atoms with Gasteiger partial charge >= 0.3 is 5.97 Å². The van der Waals surface area contributed by atoms with Crippen LogP contribution in [0.3, 0.4) is 0 Å². The summed E-state index contributed by atoms with van der Waals surface area (Å²) in [7, 11) is 0. The number of ketones is 1. The number of carbonyl (C=O) groups is 3. The fourth-order valence-corrected chi connectivity index (χ4v) is 2.32. The van der Waals surface area contributed by atoms with Crippen LogP contribution in [0.5, 0.6) is 11.5 Å². The summed E-state index contributed by atoms with van der Waals surface area (Å²) in [4.78, 5) is 35.6. The SMILES string of the molecule is CCNC(=O)[C@H](C)OC(=O)CCC(=O)c1ccc2c(c1)OCCCO2. The second-order valence-corrected chi connectivity index (χ2v) is 5.66. The molecular weight excluding hydrogens is 326 g/mol. The summed E-state index contributed by atoms with van der Waals surface area (Å²) in [6.07, 6.45) is -0.175. The highest BCUT2D eigenvalue weighted by Gasteiger charge is 2.19. The van der Waals surface area contributed by atoms with Gasteiger partial charge in [0.05, 0.1) is 19.6 Å². The fourth-order valence-electron chi connectivity index (χ4n) is 2.32. The highest BCUT2D eigenvalue weighted by atomic mass is 16.5. The second kappa shape index (κ2) is 9.05. The predicted octanol–water partition coefficient (Wildman–Crippen LogP) is 1.88.